The predicted molar refractivity (Wildman–Crippen MR) is 38.6 cm³/mol. The lowest BCUT2D eigenvalue weighted by atomic mass is 10.2. The Kier molecular flexibility index (Phi) is 4.95. The minimum atomic E-state index is -6.93. The predicted octanol–water partition coefficient (Wildman–Crippen LogP) is 4.02. The molecule has 0 saturated carbocycles. The Labute approximate surface area is 103 Å². The minimum Gasteiger partial charge on any atom is -0.265 e. The number of hydrogen-bond donors (Lipinski definition) is 0. The highest BCUT2D eigenvalue weighted by molar-refractivity contribution is 4.88. The summed E-state index contributed by atoms with van der Waals surface area (Å²) < 4.78 is 139. The van der Waals surface area contributed by atoms with Gasteiger partial charge in [-0.1, -0.05) is 0 Å². The van der Waals surface area contributed by atoms with Crippen molar-refractivity contribution in [1.29, 1.82) is 0 Å². The molecule has 2 nitrogen and oxygen atoms in total. The maximum absolute atomic E-state index is 13.1. The summed E-state index contributed by atoms with van der Waals surface area (Å²) in [5.74, 6) is -6.70. The van der Waals surface area contributed by atoms with Gasteiger partial charge in [-0.05, 0) is 0 Å². The summed E-state index contributed by atoms with van der Waals surface area (Å²) in [4.78, 5) is 0. The lowest BCUT2D eigenvalue weighted by Gasteiger charge is -2.36. The maximum Gasteiger partial charge on any atom is 0.458 e. The molecule has 0 aromatic carbocycles. The molecule has 0 amide bonds. The fourth-order valence-electron chi connectivity index (χ4n) is 0.806. The molecule has 0 spiro atoms. The molecule has 0 rings (SSSR count). The average molecular weight is 330 g/mol. The van der Waals surface area contributed by atoms with Crippen LogP contribution < -0.4 is 0 Å². The van der Waals surface area contributed by atoms with Crippen LogP contribution >= 0.6 is 0 Å². The van der Waals surface area contributed by atoms with E-state index in [0.717, 1.165) is 0 Å². The molecule has 0 N–H and O–H groups in total. The van der Waals surface area contributed by atoms with Gasteiger partial charge in [0.05, 0.1) is 0 Å². The third-order valence-corrected chi connectivity index (χ3v) is 1.49. The van der Waals surface area contributed by atoms with E-state index < -0.39 is 44.0 Å². The molecule has 0 saturated heterocycles. The Morgan fingerprint density at radius 3 is 1.40 bits per heavy atom. The van der Waals surface area contributed by atoms with Crippen LogP contribution in [0.2, 0.25) is 0 Å². The van der Waals surface area contributed by atoms with Crippen molar-refractivity contribution in [3.8, 4) is 0 Å². The molecule has 0 aliphatic carbocycles. The van der Waals surface area contributed by atoms with E-state index in [2.05, 4.69) is 4.74 Å². The number of ether oxygens (including phenoxy) is 2. The van der Waals surface area contributed by atoms with Gasteiger partial charge >= 0.3 is 30.4 Å². The van der Waals surface area contributed by atoms with Crippen molar-refractivity contribution in [2.24, 2.45) is 0 Å². The summed E-state index contributed by atoms with van der Waals surface area (Å²) in [6.45, 7) is -3.63. The van der Waals surface area contributed by atoms with Crippen molar-refractivity contribution in [2.45, 2.75) is 37.3 Å². The zero-order valence-corrected chi connectivity index (χ0v) is 9.18. The van der Waals surface area contributed by atoms with Gasteiger partial charge in [0.15, 0.2) is 6.67 Å². The Bertz CT molecular complexity index is 333. The van der Waals surface area contributed by atoms with Gasteiger partial charge in [-0.25, -0.2) is 4.39 Å². The Balaban J connectivity index is 5.68. The van der Waals surface area contributed by atoms with E-state index in [9.17, 15) is 48.3 Å². The second-order valence-corrected chi connectivity index (χ2v) is 3.39. The van der Waals surface area contributed by atoms with Crippen molar-refractivity contribution in [3.05, 3.63) is 0 Å². The van der Waals surface area contributed by atoms with Gasteiger partial charge in [0.2, 0.25) is 0 Å². The summed E-state index contributed by atoms with van der Waals surface area (Å²) in [6.07, 6.45) is -24.2. The first-order valence-electron chi connectivity index (χ1n) is 4.33. The van der Waals surface area contributed by atoms with Crippen LogP contribution in [0.5, 0.6) is 0 Å². The van der Waals surface area contributed by atoms with Crippen LogP contribution in [-0.2, 0) is 9.47 Å². The van der Waals surface area contributed by atoms with Crippen LogP contribution in [-0.4, -0.2) is 37.0 Å². The highest BCUT2D eigenvalue weighted by Crippen LogP contribution is 2.50. The van der Waals surface area contributed by atoms with Crippen molar-refractivity contribution < 1.29 is 57.8 Å². The summed E-state index contributed by atoms with van der Waals surface area (Å²) in [7, 11) is 0. The first kappa shape index (κ1) is 19.1. The molecule has 0 fully saturated rings. The molecule has 0 heterocycles. The quantitative estimate of drug-likeness (QED) is 0.685. The largest absolute Gasteiger partial charge is 0.458 e. The molecular formula is C7H5F11O2. The Morgan fingerprint density at radius 2 is 1.15 bits per heavy atom. The van der Waals surface area contributed by atoms with E-state index in [0.29, 0.717) is 0 Å². The number of halogens is 11. The second kappa shape index (κ2) is 5.16. The molecule has 0 aliphatic rings. The third-order valence-electron chi connectivity index (χ3n) is 1.49. The van der Waals surface area contributed by atoms with Crippen molar-refractivity contribution in [2.75, 3.05) is 6.67 Å². The number of hydrogen-bond acceptors (Lipinski definition) is 2. The van der Waals surface area contributed by atoms with Gasteiger partial charge in [-0.3, -0.25) is 9.47 Å². The van der Waals surface area contributed by atoms with Crippen LogP contribution in [0.25, 0.3) is 0 Å². The van der Waals surface area contributed by atoms with E-state index in [1.807, 2.05) is 4.74 Å². The second-order valence-electron chi connectivity index (χ2n) is 3.39. The maximum atomic E-state index is 13.1. The van der Waals surface area contributed by atoms with Crippen LogP contribution in [0.15, 0.2) is 0 Å². The van der Waals surface area contributed by atoms with E-state index in [1.54, 1.807) is 0 Å². The molecule has 0 aromatic rings. The van der Waals surface area contributed by atoms with Crippen LogP contribution in [0.4, 0.5) is 48.3 Å². The van der Waals surface area contributed by atoms with Crippen LogP contribution in [0.1, 0.15) is 6.92 Å². The molecule has 0 aromatic heterocycles. The molecule has 0 aliphatic heterocycles. The monoisotopic (exact) mass is 330 g/mol. The van der Waals surface area contributed by atoms with Gasteiger partial charge in [0.25, 0.3) is 0 Å². The molecule has 0 bridgehead atoms. The van der Waals surface area contributed by atoms with Gasteiger partial charge in [-0.15, -0.1) is 0 Å². The minimum absolute atomic E-state index is 0.509. The third kappa shape index (κ3) is 4.33. The average Bonchev–Trinajstić information content (AvgIpc) is 2.11. The van der Waals surface area contributed by atoms with E-state index in [1.165, 1.54) is 0 Å². The molecule has 1 atom stereocenters. The highest BCUT2D eigenvalue weighted by atomic mass is 19.4. The van der Waals surface area contributed by atoms with Gasteiger partial charge in [0, 0.05) is 6.92 Å². The number of alkyl halides is 11. The van der Waals surface area contributed by atoms with Crippen molar-refractivity contribution in [3.63, 3.8) is 0 Å². The lowest BCUT2D eigenvalue weighted by molar-refractivity contribution is -0.524. The fraction of sp³-hybridized carbons (Fsp3) is 1.00. The van der Waals surface area contributed by atoms with Gasteiger partial charge in [-0.2, -0.15) is 43.9 Å². The molecular weight excluding hydrogens is 325 g/mol. The summed E-state index contributed by atoms with van der Waals surface area (Å²) >= 11 is 0. The Morgan fingerprint density at radius 1 is 0.750 bits per heavy atom. The topological polar surface area (TPSA) is 18.5 Å². The smallest absolute Gasteiger partial charge is 0.265 e. The zero-order valence-electron chi connectivity index (χ0n) is 9.18. The van der Waals surface area contributed by atoms with E-state index >= 15 is 0 Å². The Hall–Kier alpha value is -0.850. The van der Waals surface area contributed by atoms with E-state index in [-0.39, 0.29) is 0 Å². The summed E-state index contributed by atoms with van der Waals surface area (Å²) in [6, 6.07) is 0. The molecule has 13 heteroatoms. The van der Waals surface area contributed by atoms with Crippen LogP contribution in [0.3, 0.4) is 0 Å². The summed E-state index contributed by atoms with van der Waals surface area (Å²) in [5, 5.41) is 0. The molecule has 20 heavy (non-hydrogen) atoms. The number of rotatable bonds is 6. The first-order chi connectivity index (χ1) is 8.47. The normalized spacial score (nSPS) is 18.0. The molecule has 1 unspecified atom stereocenters. The van der Waals surface area contributed by atoms with Crippen molar-refractivity contribution in [1.82, 2.24) is 0 Å². The standard InChI is InChI=1S/C7H5F11O2/c1-3(9,10)19-7(17,18)5(13,6(14,15)16)20-4(11,12)2-8/h2H2,1H3. The molecule has 122 valence electrons. The van der Waals surface area contributed by atoms with Gasteiger partial charge in [0.1, 0.15) is 0 Å². The summed E-state index contributed by atoms with van der Waals surface area (Å²) in [5.41, 5.74) is 0. The van der Waals surface area contributed by atoms with E-state index in [4.69, 9.17) is 0 Å². The van der Waals surface area contributed by atoms with Crippen molar-refractivity contribution >= 4 is 0 Å². The van der Waals surface area contributed by atoms with Gasteiger partial charge < -0.3 is 0 Å². The molecule has 0 radical (unpaired) electrons. The lowest BCUT2D eigenvalue weighted by Crippen LogP contribution is -2.62. The zero-order chi connectivity index (χ0) is 16.6. The van der Waals surface area contributed by atoms with Crippen LogP contribution in [0, 0.1) is 0 Å². The SMILES string of the molecule is CC(F)(F)OC(F)(F)C(F)(OC(F)(F)CF)C(F)(F)F. The fourth-order valence-corrected chi connectivity index (χ4v) is 0.806. The first-order valence-corrected chi connectivity index (χ1v) is 4.33. The highest BCUT2D eigenvalue weighted by Gasteiger charge is 2.78.